The van der Waals surface area contributed by atoms with Crippen LogP contribution in [-0.4, -0.2) is 18.1 Å². The summed E-state index contributed by atoms with van der Waals surface area (Å²) in [6.07, 6.45) is 3.08. The Balaban J connectivity index is 1.39. The highest BCUT2D eigenvalue weighted by Gasteiger charge is 2.12. The molecule has 0 fully saturated rings. The molecule has 0 unspecified atom stereocenters. The molecule has 0 saturated carbocycles. The summed E-state index contributed by atoms with van der Waals surface area (Å²) in [7, 11) is 0. The van der Waals surface area contributed by atoms with Gasteiger partial charge in [-0.25, -0.2) is 0 Å². The molecule has 4 aromatic rings. The van der Waals surface area contributed by atoms with Crippen LogP contribution in [0.4, 0.5) is 0 Å². The topological polar surface area (TPSA) is 46.3 Å². The highest BCUT2D eigenvalue weighted by Crippen LogP contribution is 2.34. The van der Waals surface area contributed by atoms with Crippen LogP contribution < -0.4 is 14.8 Å². The Morgan fingerprint density at radius 1 is 0.906 bits per heavy atom. The van der Waals surface area contributed by atoms with Crippen LogP contribution in [0.15, 0.2) is 71.3 Å². The van der Waals surface area contributed by atoms with E-state index < -0.39 is 0 Å². The second kappa shape index (κ2) is 10.7. The van der Waals surface area contributed by atoms with Crippen molar-refractivity contribution < 1.29 is 9.47 Å². The average Bonchev–Trinajstić information content (AvgIpc) is 3.21. The van der Waals surface area contributed by atoms with E-state index >= 15 is 0 Å². The van der Waals surface area contributed by atoms with Gasteiger partial charge in [0.2, 0.25) is 0 Å². The van der Waals surface area contributed by atoms with Gasteiger partial charge in [-0.15, -0.1) is 0 Å². The van der Waals surface area contributed by atoms with Crippen molar-refractivity contribution in [3.8, 4) is 11.5 Å². The summed E-state index contributed by atoms with van der Waals surface area (Å²) < 4.78 is 13.0. The third kappa shape index (κ3) is 5.34. The first-order valence-electron chi connectivity index (χ1n) is 11.0. The fraction of sp³-hybridized carbons (Fsp3) is 0.259. The summed E-state index contributed by atoms with van der Waals surface area (Å²) in [6.45, 7) is 6.84. The van der Waals surface area contributed by atoms with Crippen LogP contribution in [0.2, 0.25) is 0 Å². The Kier molecular flexibility index (Phi) is 7.51. The van der Waals surface area contributed by atoms with Gasteiger partial charge >= 0.3 is 0 Å². The smallest absolute Gasteiger partial charge is 0.162 e. The van der Waals surface area contributed by atoms with Gasteiger partial charge in [-0.05, 0) is 67.3 Å². The van der Waals surface area contributed by atoms with Gasteiger partial charge < -0.3 is 19.8 Å². The maximum atomic E-state index is 6.13. The molecule has 0 atom stereocenters. The van der Waals surface area contributed by atoms with E-state index in [4.69, 9.17) is 9.47 Å². The van der Waals surface area contributed by atoms with Gasteiger partial charge in [0.25, 0.3) is 0 Å². The van der Waals surface area contributed by atoms with Crippen LogP contribution in [0.1, 0.15) is 29.2 Å². The molecule has 0 bridgehead atoms. The number of aryl methyl sites for hydroxylation is 1. The molecular formula is C27H29BrN2O2. The van der Waals surface area contributed by atoms with E-state index in [1.54, 1.807) is 0 Å². The maximum absolute atomic E-state index is 6.13. The van der Waals surface area contributed by atoms with E-state index in [9.17, 15) is 0 Å². The first kappa shape index (κ1) is 22.4. The van der Waals surface area contributed by atoms with Crippen LogP contribution in [0.25, 0.3) is 10.9 Å². The zero-order valence-electron chi connectivity index (χ0n) is 18.6. The lowest BCUT2D eigenvalue weighted by molar-refractivity contribution is 0.268. The van der Waals surface area contributed by atoms with Crippen molar-refractivity contribution >= 4 is 26.8 Å². The van der Waals surface area contributed by atoms with Crippen LogP contribution in [0.5, 0.6) is 11.5 Å². The first-order valence-corrected chi connectivity index (χ1v) is 11.8. The quantitative estimate of drug-likeness (QED) is 0.246. The lowest BCUT2D eigenvalue weighted by Gasteiger charge is -2.16. The Morgan fingerprint density at radius 2 is 1.69 bits per heavy atom. The van der Waals surface area contributed by atoms with E-state index in [1.165, 1.54) is 27.6 Å². The predicted octanol–water partition coefficient (Wildman–Crippen LogP) is 6.55. The molecule has 2 N–H and O–H groups in total. The maximum Gasteiger partial charge on any atom is 0.162 e. The normalized spacial score (nSPS) is 11.1. The van der Waals surface area contributed by atoms with E-state index in [0.29, 0.717) is 13.2 Å². The number of fused-ring (bicyclic) bond motifs is 1. The average molecular weight is 493 g/mol. The van der Waals surface area contributed by atoms with Crippen molar-refractivity contribution in [3.63, 3.8) is 0 Å². The Morgan fingerprint density at radius 3 is 2.53 bits per heavy atom. The molecule has 4 rings (SSSR count). The number of hydrogen-bond acceptors (Lipinski definition) is 3. The number of ether oxygens (including phenoxy) is 2. The van der Waals surface area contributed by atoms with E-state index in [0.717, 1.165) is 41.0 Å². The molecule has 0 aliphatic carbocycles. The molecule has 166 valence electrons. The number of aromatic nitrogens is 1. The highest BCUT2D eigenvalue weighted by molar-refractivity contribution is 9.10. The fourth-order valence-corrected chi connectivity index (χ4v) is 4.27. The standard InChI is InChI=1S/C27H29BrN2O2/c1-3-31-26-14-22(16-29-13-12-20-17-30-25-11-7-6-10-23(20)25)24(28)15-27(26)32-18-21-9-5-4-8-19(21)2/h4-11,14-15,17,29-30H,3,12-13,16,18H2,1-2H3. The number of halogens is 1. The van der Waals surface area contributed by atoms with Crippen LogP contribution in [-0.2, 0) is 19.6 Å². The predicted molar refractivity (Wildman–Crippen MR) is 135 cm³/mol. The molecule has 0 radical (unpaired) electrons. The molecule has 32 heavy (non-hydrogen) atoms. The highest BCUT2D eigenvalue weighted by atomic mass is 79.9. The SMILES string of the molecule is CCOc1cc(CNCCc2c[nH]c3ccccc23)c(Br)cc1OCc1ccccc1C. The molecular weight excluding hydrogens is 464 g/mol. The number of hydrogen-bond donors (Lipinski definition) is 2. The van der Waals surface area contributed by atoms with Crippen molar-refractivity contribution in [2.75, 3.05) is 13.2 Å². The monoisotopic (exact) mass is 492 g/mol. The number of para-hydroxylation sites is 1. The molecule has 1 heterocycles. The molecule has 5 heteroatoms. The summed E-state index contributed by atoms with van der Waals surface area (Å²) in [4.78, 5) is 3.35. The van der Waals surface area contributed by atoms with E-state index in [2.05, 4.69) is 81.8 Å². The largest absolute Gasteiger partial charge is 0.490 e. The van der Waals surface area contributed by atoms with Gasteiger partial charge in [0.05, 0.1) is 6.61 Å². The van der Waals surface area contributed by atoms with Crippen molar-refractivity contribution in [1.29, 1.82) is 0 Å². The van der Waals surface area contributed by atoms with Gasteiger partial charge in [-0.1, -0.05) is 58.4 Å². The minimum Gasteiger partial charge on any atom is -0.490 e. The second-order valence-corrected chi connectivity index (χ2v) is 8.68. The zero-order chi connectivity index (χ0) is 22.3. The molecule has 0 spiro atoms. The van der Waals surface area contributed by atoms with Crippen LogP contribution >= 0.6 is 15.9 Å². The van der Waals surface area contributed by atoms with Crippen molar-refractivity contribution in [3.05, 3.63) is 93.6 Å². The number of rotatable bonds is 10. The minimum atomic E-state index is 0.515. The molecule has 0 amide bonds. The molecule has 0 aliphatic heterocycles. The van der Waals surface area contributed by atoms with Crippen molar-refractivity contribution in [2.45, 2.75) is 33.4 Å². The van der Waals surface area contributed by atoms with Crippen LogP contribution in [0, 0.1) is 6.92 Å². The summed E-state index contributed by atoms with van der Waals surface area (Å²) in [5.41, 5.74) is 6.07. The Bertz CT molecular complexity index is 1190. The first-order chi connectivity index (χ1) is 15.7. The summed E-state index contributed by atoms with van der Waals surface area (Å²) in [6, 6.07) is 20.8. The minimum absolute atomic E-state index is 0.515. The molecule has 0 saturated heterocycles. The molecule has 1 aromatic heterocycles. The third-order valence-corrected chi connectivity index (χ3v) is 6.36. The number of nitrogens with one attached hydrogen (secondary N) is 2. The Labute approximate surface area is 198 Å². The lowest BCUT2D eigenvalue weighted by atomic mass is 10.1. The lowest BCUT2D eigenvalue weighted by Crippen LogP contribution is -2.17. The van der Waals surface area contributed by atoms with Gasteiger partial charge in [-0.3, -0.25) is 0 Å². The summed E-state index contributed by atoms with van der Waals surface area (Å²) >= 11 is 3.72. The van der Waals surface area contributed by atoms with Crippen molar-refractivity contribution in [1.82, 2.24) is 10.3 Å². The van der Waals surface area contributed by atoms with Crippen LogP contribution in [0.3, 0.4) is 0 Å². The number of benzene rings is 3. The molecule has 4 nitrogen and oxygen atoms in total. The Hall–Kier alpha value is -2.76. The number of H-pyrrole nitrogens is 1. The summed E-state index contributed by atoms with van der Waals surface area (Å²) in [5, 5.41) is 4.85. The van der Waals surface area contributed by atoms with Gasteiger partial charge in [0, 0.05) is 28.1 Å². The zero-order valence-corrected chi connectivity index (χ0v) is 20.2. The molecule has 3 aromatic carbocycles. The van der Waals surface area contributed by atoms with E-state index in [1.807, 2.05) is 25.1 Å². The van der Waals surface area contributed by atoms with Crippen molar-refractivity contribution in [2.24, 2.45) is 0 Å². The van der Waals surface area contributed by atoms with Gasteiger partial charge in [0.1, 0.15) is 6.61 Å². The van der Waals surface area contributed by atoms with Gasteiger partial charge in [0.15, 0.2) is 11.5 Å². The summed E-state index contributed by atoms with van der Waals surface area (Å²) in [5.74, 6) is 1.53. The van der Waals surface area contributed by atoms with Gasteiger partial charge in [-0.2, -0.15) is 0 Å². The molecule has 0 aliphatic rings. The number of aromatic amines is 1. The second-order valence-electron chi connectivity index (χ2n) is 7.82. The third-order valence-electron chi connectivity index (χ3n) is 5.62. The fourth-order valence-electron chi connectivity index (χ4n) is 3.81. The van der Waals surface area contributed by atoms with E-state index in [-0.39, 0.29) is 0 Å².